The number of aromatic nitrogens is 2. The predicted octanol–water partition coefficient (Wildman–Crippen LogP) is 2.15. The molecule has 0 N–H and O–H groups in total. The Bertz CT molecular complexity index is 1080. The van der Waals surface area contributed by atoms with Gasteiger partial charge < -0.3 is 14.5 Å². The molecular formula is C21H22N4O3. The second-order valence-corrected chi connectivity index (χ2v) is 6.85. The molecule has 0 unspecified atom stereocenters. The summed E-state index contributed by atoms with van der Waals surface area (Å²) in [5.74, 6) is 1.30. The Morgan fingerprint density at radius 3 is 2.46 bits per heavy atom. The van der Waals surface area contributed by atoms with Crippen LogP contribution in [0.15, 0.2) is 47.4 Å². The Hall–Kier alpha value is -3.35. The van der Waals surface area contributed by atoms with Gasteiger partial charge in [-0.15, -0.1) is 0 Å². The number of piperazine rings is 1. The smallest absolute Gasteiger partial charge is 0.270 e. The van der Waals surface area contributed by atoms with Gasteiger partial charge in [0.25, 0.3) is 5.56 Å². The van der Waals surface area contributed by atoms with Crippen molar-refractivity contribution in [3.8, 4) is 5.75 Å². The molecule has 7 heteroatoms. The number of hydrogen-bond acceptors (Lipinski definition) is 6. The van der Waals surface area contributed by atoms with E-state index in [1.165, 1.54) is 4.40 Å². The number of hydrogen-bond donors (Lipinski definition) is 0. The average Bonchev–Trinajstić information content (AvgIpc) is 2.74. The van der Waals surface area contributed by atoms with Crippen LogP contribution in [0.1, 0.15) is 15.9 Å². The molecule has 3 aromatic rings. The third-order valence-electron chi connectivity index (χ3n) is 5.11. The van der Waals surface area contributed by atoms with Crippen molar-refractivity contribution in [3.63, 3.8) is 0 Å². The minimum Gasteiger partial charge on any atom is -0.495 e. The molecular weight excluding hydrogens is 356 g/mol. The van der Waals surface area contributed by atoms with Crippen molar-refractivity contribution < 1.29 is 9.53 Å². The van der Waals surface area contributed by atoms with E-state index in [2.05, 4.69) is 9.88 Å². The molecule has 0 bridgehead atoms. The first kappa shape index (κ1) is 18.0. The summed E-state index contributed by atoms with van der Waals surface area (Å²) in [4.78, 5) is 33.3. The highest BCUT2D eigenvalue weighted by Crippen LogP contribution is 2.29. The standard InChI is InChI=1S/C21H22N4O3/c1-15-7-8-19-22-20(16(14-26)21(27)25(19)13-15)24-11-9-23(10-12-24)17-5-3-4-6-18(17)28-2/h3-8,13-14H,9-12H2,1-2H3. The minimum absolute atomic E-state index is 0.105. The fraction of sp³-hybridized carbons (Fsp3) is 0.286. The van der Waals surface area contributed by atoms with Crippen LogP contribution in [0.25, 0.3) is 5.65 Å². The second-order valence-electron chi connectivity index (χ2n) is 6.85. The zero-order valence-electron chi connectivity index (χ0n) is 16.0. The molecule has 1 saturated heterocycles. The highest BCUT2D eigenvalue weighted by atomic mass is 16.5. The number of benzene rings is 1. The molecule has 0 spiro atoms. The molecule has 1 aliphatic rings. The summed E-state index contributed by atoms with van der Waals surface area (Å²) in [6, 6.07) is 11.6. The molecule has 2 aromatic heterocycles. The van der Waals surface area contributed by atoms with E-state index in [0.29, 0.717) is 30.8 Å². The molecule has 0 aliphatic carbocycles. The topological polar surface area (TPSA) is 67.2 Å². The minimum atomic E-state index is -0.328. The normalized spacial score (nSPS) is 14.4. The zero-order valence-corrected chi connectivity index (χ0v) is 16.0. The van der Waals surface area contributed by atoms with Gasteiger partial charge in [-0.1, -0.05) is 18.2 Å². The van der Waals surface area contributed by atoms with Crippen LogP contribution in [0.4, 0.5) is 11.5 Å². The van der Waals surface area contributed by atoms with Gasteiger partial charge in [-0.2, -0.15) is 0 Å². The van der Waals surface area contributed by atoms with Crippen molar-refractivity contribution in [1.29, 1.82) is 0 Å². The van der Waals surface area contributed by atoms with Crippen LogP contribution in [0.2, 0.25) is 0 Å². The summed E-state index contributed by atoms with van der Waals surface area (Å²) in [6.45, 7) is 4.71. The molecule has 4 rings (SSSR count). The maximum atomic E-state index is 12.8. The van der Waals surface area contributed by atoms with E-state index in [0.717, 1.165) is 30.1 Å². The van der Waals surface area contributed by atoms with Crippen molar-refractivity contribution in [2.24, 2.45) is 0 Å². The van der Waals surface area contributed by atoms with Gasteiger partial charge >= 0.3 is 0 Å². The summed E-state index contributed by atoms with van der Waals surface area (Å²) < 4.78 is 6.90. The molecule has 7 nitrogen and oxygen atoms in total. The number of carbonyl (C=O) groups is 1. The first-order valence-corrected chi connectivity index (χ1v) is 9.23. The van der Waals surface area contributed by atoms with E-state index in [1.807, 2.05) is 42.2 Å². The number of fused-ring (bicyclic) bond motifs is 1. The molecule has 1 fully saturated rings. The zero-order chi connectivity index (χ0) is 19.7. The van der Waals surface area contributed by atoms with E-state index in [1.54, 1.807) is 19.4 Å². The largest absolute Gasteiger partial charge is 0.495 e. The Labute approximate surface area is 162 Å². The summed E-state index contributed by atoms with van der Waals surface area (Å²) in [6.07, 6.45) is 2.33. The molecule has 28 heavy (non-hydrogen) atoms. The Balaban J connectivity index is 1.64. The number of aldehydes is 1. The maximum absolute atomic E-state index is 12.8. The lowest BCUT2D eigenvalue weighted by atomic mass is 10.2. The first-order valence-electron chi connectivity index (χ1n) is 9.23. The van der Waals surface area contributed by atoms with Gasteiger partial charge in [0.1, 0.15) is 22.8 Å². The van der Waals surface area contributed by atoms with Crippen molar-refractivity contribution in [2.75, 3.05) is 43.1 Å². The summed E-state index contributed by atoms with van der Waals surface area (Å²) >= 11 is 0. The van der Waals surface area contributed by atoms with Crippen molar-refractivity contribution in [3.05, 3.63) is 64.1 Å². The van der Waals surface area contributed by atoms with Gasteiger partial charge in [-0.3, -0.25) is 14.0 Å². The predicted molar refractivity (Wildman–Crippen MR) is 109 cm³/mol. The van der Waals surface area contributed by atoms with Crippen LogP contribution in [0, 0.1) is 6.92 Å². The van der Waals surface area contributed by atoms with E-state index >= 15 is 0 Å². The van der Waals surface area contributed by atoms with Gasteiger partial charge in [0.15, 0.2) is 6.29 Å². The Morgan fingerprint density at radius 2 is 1.75 bits per heavy atom. The highest BCUT2D eigenvalue weighted by Gasteiger charge is 2.24. The number of carbonyl (C=O) groups excluding carboxylic acids is 1. The summed E-state index contributed by atoms with van der Waals surface area (Å²) in [7, 11) is 1.67. The molecule has 3 heterocycles. The quantitative estimate of drug-likeness (QED) is 0.648. The van der Waals surface area contributed by atoms with E-state index in [-0.39, 0.29) is 11.1 Å². The maximum Gasteiger partial charge on any atom is 0.270 e. The van der Waals surface area contributed by atoms with E-state index in [9.17, 15) is 9.59 Å². The lowest BCUT2D eigenvalue weighted by Gasteiger charge is -2.37. The fourth-order valence-corrected chi connectivity index (χ4v) is 3.64. The third kappa shape index (κ3) is 3.09. The van der Waals surface area contributed by atoms with Gasteiger partial charge in [0.05, 0.1) is 12.8 Å². The van der Waals surface area contributed by atoms with Crippen LogP contribution in [0.3, 0.4) is 0 Å². The van der Waals surface area contributed by atoms with Crippen LogP contribution in [-0.4, -0.2) is 49.0 Å². The number of nitrogens with zero attached hydrogens (tertiary/aromatic N) is 4. The molecule has 0 saturated carbocycles. The van der Waals surface area contributed by atoms with Gasteiger partial charge in [0.2, 0.25) is 0 Å². The lowest BCUT2D eigenvalue weighted by molar-refractivity contribution is 0.112. The van der Waals surface area contributed by atoms with Crippen molar-refractivity contribution in [2.45, 2.75) is 6.92 Å². The van der Waals surface area contributed by atoms with E-state index in [4.69, 9.17) is 4.74 Å². The lowest BCUT2D eigenvalue weighted by Crippen LogP contribution is -2.47. The molecule has 0 amide bonds. The van der Waals surface area contributed by atoms with Gasteiger partial charge in [-0.25, -0.2) is 4.98 Å². The summed E-state index contributed by atoms with van der Waals surface area (Å²) in [5, 5.41) is 0. The number of anilines is 2. The van der Waals surface area contributed by atoms with Crippen LogP contribution >= 0.6 is 0 Å². The monoisotopic (exact) mass is 378 g/mol. The van der Waals surface area contributed by atoms with Gasteiger partial charge in [0, 0.05) is 32.4 Å². The second kappa shape index (κ2) is 7.34. The molecule has 144 valence electrons. The number of pyridine rings is 1. The average molecular weight is 378 g/mol. The number of ether oxygens (including phenoxy) is 1. The Kier molecular flexibility index (Phi) is 4.73. The van der Waals surface area contributed by atoms with Crippen molar-refractivity contribution >= 4 is 23.4 Å². The molecule has 0 atom stereocenters. The summed E-state index contributed by atoms with van der Waals surface area (Å²) in [5.41, 5.74) is 2.30. The Morgan fingerprint density at radius 1 is 1.04 bits per heavy atom. The molecule has 0 radical (unpaired) electrons. The highest BCUT2D eigenvalue weighted by molar-refractivity contribution is 5.83. The van der Waals surface area contributed by atoms with Crippen LogP contribution < -0.4 is 20.1 Å². The first-order chi connectivity index (χ1) is 13.6. The SMILES string of the molecule is COc1ccccc1N1CCN(c2nc3ccc(C)cn3c(=O)c2C=O)CC1. The van der Waals surface area contributed by atoms with Gasteiger partial charge in [-0.05, 0) is 30.7 Å². The van der Waals surface area contributed by atoms with Crippen LogP contribution in [0.5, 0.6) is 5.75 Å². The van der Waals surface area contributed by atoms with Crippen molar-refractivity contribution in [1.82, 2.24) is 9.38 Å². The van der Waals surface area contributed by atoms with Crippen LogP contribution in [-0.2, 0) is 0 Å². The van der Waals surface area contributed by atoms with E-state index < -0.39 is 0 Å². The fourth-order valence-electron chi connectivity index (χ4n) is 3.64. The number of aryl methyl sites for hydroxylation is 1. The number of methoxy groups -OCH3 is 1. The molecule has 1 aliphatic heterocycles. The molecule has 1 aromatic carbocycles. The third-order valence-corrected chi connectivity index (χ3v) is 5.11. The number of para-hydroxylation sites is 2. The number of rotatable bonds is 4.